The summed E-state index contributed by atoms with van der Waals surface area (Å²) in [5.41, 5.74) is 2.56. The van der Waals surface area contributed by atoms with Gasteiger partial charge < -0.3 is 9.88 Å². The molecule has 7 heteroatoms. The average molecular weight is 347 g/mol. The van der Waals surface area contributed by atoms with Gasteiger partial charge in [-0.05, 0) is 24.1 Å². The highest BCUT2D eigenvalue weighted by Gasteiger charge is 2.27. The van der Waals surface area contributed by atoms with Crippen molar-refractivity contribution in [3.8, 4) is 11.3 Å². The number of rotatable bonds is 5. The molecule has 1 amide bonds. The lowest BCUT2D eigenvalue weighted by Crippen LogP contribution is -2.36. The summed E-state index contributed by atoms with van der Waals surface area (Å²) in [7, 11) is -1.26. The minimum absolute atomic E-state index is 0.198. The van der Waals surface area contributed by atoms with Crippen LogP contribution in [-0.2, 0) is 17.1 Å². The van der Waals surface area contributed by atoms with Crippen LogP contribution in [0.5, 0.6) is 0 Å². The summed E-state index contributed by atoms with van der Waals surface area (Å²) in [5, 5.41) is 2.80. The zero-order chi connectivity index (χ0) is 17.2. The molecule has 2 aromatic rings. The highest BCUT2D eigenvalue weighted by Crippen LogP contribution is 2.21. The Kier molecular flexibility index (Phi) is 4.73. The summed E-state index contributed by atoms with van der Waals surface area (Å²) in [5.74, 6) is 0.00964. The lowest BCUT2D eigenvalue weighted by atomic mass is 10.2. The van der Waals surface area contributed by atoms with Gasteiger partial charge in [-0.15, -0.1) is 0 Å². The summed E-state index contributed by atoms with van der Waals surface area (Å²) in [6.45, 7) is 1.18. The fourth-order valence-corrected chi connectivity index (χ4v) is 4.49. The molecule has 1 N–H and O–H groups in total. The molecule has 0 spiro atoms. The first-order chi connectivity index (χ1) is 11.5. The summed E-state index contributed by atoms with van der Waals surface area (Å²) in [4.78, 5) is 12.3. The van der Waals surface area contributed by atoms with E-state index in [1.165, 1.54) is 4.31 Å². The molecule has 0 aliphatic carbocycles. The van der Waals surface area contributed by atoms with E-state index >= 15 is 0 Å². The minimum atomic E-state index is -3.11. The topological polar surface area (TPSA) is 71.4 Å². The Morgan fingerprint density at radius 1 is 1.17 bits per heavy atom. The molecule has 0 radical (unpaired) electrons. The number of nitrogens with one attached hydrogen (secondary N) is 1. The Labute approximate surface area is 142 Å². The first-order valence-corrected chi connectivity index (χ1v) is 9.57. The van der Waals surface area contributed by atoms with Gasteiger partial charge in [-0.2, -0.15) is 0 Å². The fraction of sp³-hybridized carbons (Fsp3) is 0.353. The van der Waals surface area contributed by atoms with E-state index in [1.54, 1.807) is 6.07 Å². The van der Waals surface area contributed by atoms with Gasteiger partial charge in [0, 0.05) is 32.4 Å². The van der Waals surface area contributed by atoms with Crippen molar-refractivity contribution in [2.75, 3.05) is 25.4 Å². The van der Waals surface area contributed by atoms with Crippen LogP contribution in [0, 0.1) is 0 Å². The summed E-state index contributed by atoms with van der Waals surface area (Å²) in [6.07, 6.45) is 0.661. The van der Waals surface area contributed by atoms with Crippen LogP contribution in [0.3, 0.4) is 0 Å². The van der Waals surface area contributed by atoms with E-state index in [2.05, 4.69) is 5.32 Å². The zero-order valence-corrected chi connectivity index (χ0v) is 14.4. The van der Waals surface area contributed by atoms with Crippen LogP contribution in [0.25, 0.3) is 11.3 Å². The van der Waals surface area contributed by atoms with E-state index in [0.717, 1.165) is 11.3 Å². The Morgan fingerprint density at radius 2 is 1.92 bits per heavy atom. The second kappa shape index (κ2) is 6.78. The molecular formula is C17H21N3O3S. The highest BCUT2D eigenvalue weighted by molar-refractivity contribution is 7.89. The third-order valence-electron chi connectivity index (χ3n) is 4.27. The lowest BCUT2D eigenvalue weighted by Gasteiger charge is -2.14. The van der Waals surface area contributed by atoms with Gasteiger partial charge in [-0.25, -0.2) is 12.7 Å². The Balaban J connectivity index is 1.63. The SMILES string of the molecule is Cn1c(C(=O)NCCN2CCCS2(=O)=O)ccc1-c1ccccc1. The largest absolute Gasteiger partial charge is 0.349 e. The highest BCUT2D eigenvalue weighted by atomic mass is 32.2. The third-order valence-corrected chi connectivity index (χ3v) is 6.23. The lowest BCUT2D eigenvalue weighted by molar-refractivity contribution is 0.0944. The van der Waals surface area contributed by atoms with E-state index in [1.807, 2.05) is 48.0 Å². The maximum Gasteiger partial charge on any atom is 0.267 e. The first-order valence-electron chi connectivity index (χ1n) is 7.96. The van der Waals surface area contributed by atoms with Crippen molar-refractivity contribution in [3.63, 3.8) is 0 Å². The normalized spacial score (nSPS) is 17.0. The van der Waals surface area contributed by atoms with Gasteiger partial charge >= 0.3 is 0 Å². The quantitative estimate of drug-likeness (QED) is 0.890. The molecule has 0 atom stereocenters. The smallest absolute Gasteiger partial charge is 0.267 e. The van der Waals surface area contributed by atoms with Crippen molar-refractivity contribution in [2.24, 2.45) is 7.05 Å². The summed E-state index contributed by atoms with van der Waals surface area (Å²) >= 11 is 0. The van der Waals surface area contributed by atoms with Gasteiger partial charge in [0.05, 0.1) is 5.75 Å². The molecule has 1 saturated heterocycles. The van der Waals surface area contributed by atoms with E-state index in [4.69, 9.17) is 0 Å². The van der Waals surface area contributed by atoms with Gasteiger partial charge in [0.1, 0.15) is 5.69 Å². The number of amides is 1. The number of hydrogen-bond acceptors (Lipinski definition) is 3. The van der Waals surface area contributed by atoms with Crippen molar-refractivity contribution < 1.29 is 13.2 Å². The molecular weight excluding hydrogens is 326 g/mol. The maximum absolute atomic E-state index is 12.3. The van der Waals surface area contributed by atoms with E-state index < -0.39 is 10.0 Å². The predicted octanol–water partition coefficient (Wildman–Crippen LogP) is 1.46. The molecule has 0 bridgehead atoms. The molecule has 1 aliphatic heterocycles. The molecule has 1 fully saturated rings. The van der Waals surface area contributed by atoms with Crippen LogP contribution >= 0.6 is 0 Å². The number of hydrogen-bond donors (Lipinski definition) is 1. The van der Waals surface area contributed by atoms with Crippen molar-refractivity contribution in [1.29, 1.82) is 0 Å². The molecule has 1 aliphatic rings. The van der Waals surface area contributed by atoms with Crippen molar-refractivity contribution in [1.82, 2.24) is 14.2 Å². The van der Waals surface area contributed by atoms with Gasteiger partial charge in [0.25, 0.3) is 5.91 Å². The Morgan fingerprint density at radius 3 is 2.58 bits per heavy atom. The van der Waals surface area contributed by atoms with Crippen molar-refractivity contribution in [3.05, 3.63) is 48.2 Å². The van der Waals surface area contributed by atoms with Crippen molar-refractivity contribution >= 4 is 15.9 Å². The second-order valence-corrected chi connectivity index (χ2v) is 7.94. The number of carbonyl (C=O) groups excluding carboxylic acids is 1. The van der Waals surface area contributed by atoms with Crippen LogP contribution in [0.15, 0.2) is 42.5 Å². The second-order valence-electron chi connectivity index (χ2n) is 5.85. The third kappa shape index (κ3) is 3.37. The number of sulfonamides is 1. The van der Waals surface area contributed by atoms with Gasteiger partial charge in [0.2, 0.25) is 10.0 Å². The zero-order valence-electron chi connectivity index (χ0n) is 13.6. The van der Waals surface area contributed by atoms with Crippen LogP contribution in [-0.4, -0.2) is 48.6 Å². The van der Waals surface area contributed by atoms with Gasteiger partial charge in [-0.3, -0.25) is 4.79 Å². The van der Waals surface area contributed by atoms with E-state index in [-0.39, 0.29) is 11.7 Å². The standard InChI is InChI=1S/C17H21N3O3S/c1-19-15(14-6-3-2-4-7-14)8-9-16(19)17(21)18-10-12-20-11-5-13-24(20,22)23/h2-4,6-9H,5,10-13H2,1H3,(H,18,21). The number of nitrogens with zero attached hydrogens (tertiary/aromatic N) is 2. The Hall–Kier alpha value is -2.12. The van der Waals surface area contributed by atoms with Gasteiger partial charge in [-0.1, -0.05) is 30.3 Å². The molecule has 6 nitrogen and oxygen atoms in total. The van der Waals surface area contributed by atoms with Crippen LogP contribution in [0.1, 0.15) is 16.9 Å². The van der Waals surface area contributed by atoms with Crippen LogP contribution < -0.4 is 5.32 Å². The number of benzene rings is 1. The molecule has 24 heavy (non-hydrogen) atoms. The molecule has 0 saturated carbocycles. The molecule has 1 aromatic carbocycles. The molecule has 2 heterocycles. The monoisotopic (exact) mass is 347 g/mol. The van der Waals surface area contributed by atoms with Gasteiger partial charge in [0.15, 0.2) is 0 Å². The first kappa shape index (κ1) is 16.7. The average Bonchev–Trinajstić information content (AvgIpc) is 3.10. The number of aromatic nitrogens is 1. The molecule has 3 rings (SSSR count). The molecule has 0 unspecified atom stereocenters. The Bertz CT molecular complexity index is 828. The number of carbonyl (C=O) groups is 1. The van der Waals surface area contributed by atoms with Crippen LogP contribution in [0.4, 0.5) is 0 Å². The minimum Gasteiger partial charge on any atom is -0.349 e. The summed E-state index contributed by atoms with van der Waals surface area (Å²) in [6, 6.07) is 13.5. The molecule has 128 valence electrons. The van der Waals surface area contributed by atoms with E-state index in [0.29, 0.717) is 31.7 Å². The molecule has 1 aromatic heterocycles. The maximum atomic E-state index is 12.3. The fourth-order valence-electron chi connectivity index (χ4n) is 2.97. The summed E-state index contributed by atoms with van der Waals surface area (Å²) < 4.78 is 26.7. The predicted molar refractivity (Wildman–Crippen MR) is 93.2 cm³/mol. The van der Waals surface area contributed by atoms with Crippen LogP contribution in [0.2, 0.25) is 0 Å². The van der Waals surface area contributed by atoms with Crippen molar-refractivity contribution in [2.45, 2.75) is 6.42 Å². The van der Waals surface area contributed by atoms with E-state index in [9.17, 15) is 13.2 Å².